The predicted octanol–water partition coefficient (Wildman–Crippen LogP) is 3.21. The van der Waals surface area contributed by atoms with Gasteiger partial charge < -0.3 is 4.74 Å². The van der Waals surface area contributed by atoms with Crippen LogP contribution < -0.4 is 4.74 Å². The minimum absolute atomic E-state index is 0.0466. The van der Waals surface area contributed by atoms with Crippen LogP contribution >= 0.6 is 15.9 Å². The Morgan fingerprint density at radius 3 is 2.14 bits per heavy atom. The van der Waals surface area contributed by atoms with E-state index >= 15 is 0 Å². The lowest BCUT2D eigenvalue weighted by Crippen LogP contribution is -2.08. The second-order valence-corrected chi connectivity index (χ2v) is 7.67. The lowest BCUT2D eigenvalue weighted by molar-refractivity contribution is 0.0734. The van der Waals surface area contributed by atoms with E-state index in [0.29, 0.717) is 16.9 Å². The lowest BCUT2D eigenvalue weighted by Gasteiger charge is -2.05. The third-order valence-electron chi connectivity index (χ3n) is 2.64. The van der Waals surface area contributed by atoms with Crippen LogP contribution in [0.5, 0.6) is 5.75 Å². The van der Waals surface area contributed by atoms with E-state index in [9.17, 15) is 13.2 Å². The van der Waals surface area contributed by atoms with Gasteiger partial charge in [0.2, 0.25) is 0 Å². The molecule has 0 aliphatic rings. The molecule has 110 valence electrons. The van der Waals surface area contributed by atoms with Gasteiger partial charge in [0.25, 0.3) is 0 Å². The van der Waals surface area contributed by atoms with Gasteiger partial charge >= 0.3 is 5.97 Å². The summed E-state index contributed by atoms with van der Waals surface area (Å²) in [6.45, 7) is 0. The molecule has 0 atom stereocenters. The third-order valence-corrected chi connectivity index (χ3v) is 4.03. The van der Waals surface area contributed by atoms with Crippen LogP contribution in [0.25, 0.3) is 0 Å². The molecule has 0 fully saturated rings. The third kappa shape index (κ3) is 4.99. The molecule has 0 radical (unpaired) electrons. The minimum Gasteiger partial charge on any atom is -0.423 e. The molecule has 0 aliphatic heterocycles. The zero-order valence-corrected chi connectivity index (χ0v) is 13.6. The highest BCUT2D eigenvalue weighted by molar-refractivity contribution is 9.10. The van der Waals surface area contributed by atoms with Crippen LogP contribution in [0.15, 0.2) is 53.0 Å². The van der Waals surface area contributed by atoms with Crippen LogP contribution in [0.1, 0.15) is 15.9 Å². The van der Waals surface area contributed by atoms with Crippen LogP contribution in [0.3, 0.4) is 0 Å². The van der Waals surface area contributed by atoms with Gasteiger partial charge in [-0.05, 0) is 42.0 Å². The van der Waals surface area contributed by atoms with E-state index in [1.54, 1.807) is 48.5 Å². The number of carbonyl (C=O) groups excluding carboxylic acids is 1. The SMILES string of the molecule is CS(=O)(=O)Cc1ccc(C(=O)Oc2ccc(Br)cc2)cc1. The number of carbonyl (C=O) groups is 1. The number of benzene rings is 2. The number of sulfone groups is 1. The Morgan fingerprint density at radius 1 is 1.05 bits per heavy atom. The molecule has 0 spiro atoms. The monoisotopic (exact) mass is 368 g/mol. The lowest BCUT2D eigenvalue weighted by atomic mass is 10.1. The molecule has 0 heterocycles. The molecular weight excluding hydrogens is 356 g/mol. The summed E-state index contributed by atoms with van der Waals surface area (Å²) >= 11 is 3.30. The molecule has 2 rings (SSSR count). The Bertz CT molecular complexity index is 734. The second kappa shape index (κ2) is 6.41. The molecule has 0 amide bonds. The number of esters is 1. The van der Waals surface area contributed by atoms with Crippen LogP contribution in [0.4, 0.5) is 0 Å². The predicted molar refractivity (Wildman–Crippen MR) is 84.1 cm³/mol. The zero-order valence-electron chi connectivity index (χ0n) is 11.2. The van der Waals surface area contributed by atoms with Crippen molar-refractivity contribution in [2.45, 2.75) is 5.75 Å². The van der Waals surface area contributed by atoms with Gasteiger partial charge in [-0.15, -0.1) is 0 Å². The van der Waals surface area contributed by atoms with Crippen LogP contribution in [0, 0.1) is 0 Å². The molecule has 21 heavy (non-hydrogen) atoms. The van der Waals surface area contributed by atoms with E-state index in [1.807, 2.05) is 0 Å². The summed E-state index contributed by atoms with van der Waals surface area (Å²) in [7, 11) is -3.08. The fourth-order valence-electron chi connectivity index (χ4n) is 1.71. The van der Waals surface area contributed by atoms with Gasteiger partial charge in [0, 0.05) is 10.7 Å². The maximum atomic E-state index is 11.9. The second-order valence-electron chi connectivity index (χ2n) is 4.61. The number of hydrogen-bond donors (Lipinski definition) is 0. The van der Waals surface area contributed by atoms with Crippen molar-refractivity contribution >= 4 is 31.7 Å². The van der Waals surface area contributed by atoms with Gasteiger partial charge in [-0.25, -0.2) is 13.2 Å². The van der Waals surface area contributed by atoms with E-state index in [-0.39, 0.29) is 5.75 Å². The molecule has 6 heteroatoms. The number of ether oxygens (including phenoxy) is 1. The smallest absolute Gasteiger partial charge is 0.343 e. The van der Waals surface area contributed by atoms with Crippen molar-refractivity contribution in [2.24, 2.45) is 0 Å². The van der Waals surface area contributed by atoms with Crippen LogP contribution in [-0.4, -0.2) is 20.6 Å². The van der Waals surface area contributed by atoms with Crippen molar-refractivity contribution in [1.29, 1.82) is 0 Å². The van der Waals surface area contributed by atoms with Gasteiger partial charge in [0.1, 0.15) is 5.75 Å². The topological polar surface area (TPSA) is 60.4 Å². The van der Waals surface area contributed by atoms with Gasteiger partial charge in [0.15, 0.2) is 9.84 Å². The molecule has 0 saturated heterocycles. The molecule has 4 nitrogen and oxygen atoms in total. The van der Waals surface area contributed by atoms with Crippen LogP contribution in [-0.2, 0) is 15.6 Å². The number of hydrogen-bond acceptors (Lipinski definition) is 4. The van der Waals surface area contributed by atoms with Crippen molar-refractivity contribution in [3.05, 3.63) is 64.1 Å². The summed E-state index contributed by atoms with van der Waals surface area (Å²) in [5, 5.41) is 0. The maximum Gasteiger partial charge on any atom is 0.343 e. The summed E-state index contributed by atoms with van der Waals surface area (Å²) in [6, 6.07) is 13.2. The first-order chi connectivity index (χ1) is 9.83. The highest BCUT2D eigenvalue weighted by atomic mass is 79.9. The van der Waals surface area contributed by atoms with Gasteiger partial charge in [-0.2, -0.15) is 0 Å². The average molecular weight is 369 g/mol. The van der Waals surface area contributed by atoms with E-state index in [1.165, 1.54) is 6.26 Å². The standard InChI is InChI=1S/C15H13BrO4S/c1-21(18,19)10-11-2-4-12(5-3-11)15(17)20-14-8-6-13(16)7-9-14/h2-9H,10H2,1H3. The largest absolute Gasteiger partial charge is 0.423 e. The molecule has 0 aromatic heterocycles. The first-order valence-corrected chi connectivity index (χ1v) is 8.93. The van der Waals surface area contributed by atoms with Crippen molar-refractivity contribution in [3.8, 4) is 5.75 Å². The van der Waals surface area contributed by atoms with E-state index in [2.05, 4.69) is 15.9 Å². The number of rotatable bonds is 4. The Morgan fingerprint density at radius 2 is 1.62 bits per heavy atom. The van der Waals surface area contributed by atoms with Crippen molar-refractivity contribution in [3.63, 3.8) is 0 Å². The first kappa shape index (κ1) is 15.7. The fourth-order valence-corrected chi connectivity index (χ4v) is 2.77. The summed E-state index contributed by atoms with van der Waals surface area (Å²) in [5.41, 5.74) is 1.01. The summed E-state index contributed by atoms with van der Waals surface area (Å²) in [4.78, 5) is 11.9. The quantitative estimate of drug-likeness (QED) is 0.613. The first-order valence-electron chi connectivity index (χ1n) is 6.08. The molecule has 0 bridgehead atoms. The van der Waals surface area contributed by atoms with Crippen molar-refractivity contribution < 1.29 is 17.9 Å². The molecule has 0 aliphatic carbocycles. The molecule has 0 unspecified atom stereocenters. The van der Waals surface area contributed by atoms with Crippen LogP contribution in [0.2, 0.25) is 0 Å². The summed E-state index contributed by atoms with van der Waals surface area (Å²) in [6.07, 6.45) is 1.17. The zero-order chi connectivity index (χ0) is 15.5. The molecular formula is C15H13BrO4S. The van der Waals surface area contributed by atoms with Crippen molar-refractivity contribution in [1.82, 2.24) is 0 Å². The van der Waals surface area contributed by atoms with E-state index in [4.69, 9.17) is 4.74 Å². The van der Waals surface area contributed by atoms with Gasteiger partial charge in [0.05, 0.1) is 11.3 Å². The summed E-state index contributed by atoms with van der Waals surface area (Å²) in [5.74, 6) is -0.0821. The Kier molecular flexibility index (Phi) is 4.80. The fraction of sp³-hybridized carbons (Fsp3) is 0.133. The Balaban J connectivity index is 2.08. The average Bonchev–Trinajstić information content (AvgIpc) is 2.40. The maximum absolute atomic E-state index is 11.9. The summed E-state index contributed by atoms with van der Waals surface area (Å²) < 4.78 is 28.5. The molecule has 2 aromatic carbocycles. The molecule has 0 saturated carbocycles. The van der Waals surface area contributed by atoms with Gasteiger partial charge in [-0.3, -0.25) is 0 Å². The normalized spacial score (nSPS) is 11.1. The molecule has 0 N–H and O–H groups in total. The van der Waals surface area contributed by atoms with E-state index in [0.717, 1.165) is 4.47 Å². The Hall–Kier alpha value is -1.66. The minimum atomic E-state index is -3.08. The highest BCUT2D eigenvalue weighted by Crippen LogP contribution is 2.17. The van der Waals surface area contributed by atoms with Crippen molar-refractivity contribution in [2.75, 3.05) is 6.26 Å². The van der Waals surface area contributed by atoms with E-state index < -0.39 is 15.8 Å². The van der Waals surface area contributed by atoms with Gasteiger partial charge in [-0.1, -0.05) is 28.1 Å². The Labute approximate surface area is 131 Å². The highest BCUT2D eigenvalue weighted by Gasteiger charge is 2.10. The number of halogens is 1. The molecule has 2 aromatic rings.